The molecule has 0 amide bonds. The number of hydrogen-bond acceptors (Lipinski definition) is 3. The third-order valence-electron chi connectivity index (χ3n) is 2.14. The molecule has 0 bridgehead atoms. The summed E-state index contributed by atoms with van der Waals surface area (Å²) >= 11 is 3.01. The number of ether oxygens (including phenoxy) is 1. The zero-order valence-corrected chi connectivity index (χ0v) is 10.4. The lowest BCUT2D eigenvalue weighted by atomic mass is 10.0. The summed E-state index contributed by atoms with van der Waals surface area (Å²) < 4.78 is 17.9. The van der Waals surface area contributed by atoms with Gasteiger partial charge in [-0.25, -0.2) is 9.18 Å². The molecule has 0 saturated carbocycles. The van der Waals surface area contributed by atoms with Gasteiger partial charge in [-0.15, -0.1) is 0 Å². The first kappa shape index (κ1) is 12.8. The molecular formula is C11H10BrFO3. The molecule has 0 spiro atoms. The number of rotatable bonds is 3. The topological polar surface area (TPSA) is 43.4 Å². The Morgan fingerprint density at radius 3 is 2.50 bits per heavy atom. The minimum absolute atomic E-state index is 0.116. The van der Waals surface area contributed by atoms with Crippen molar-refractivity contribution in [2.45, 2.75) is 6.92 Å². The van der Waals surface area contributed by atoms with E-state index in [9.17, 15) is 14.0 Å². The first-order chi connectivity index (χ1) is 7.51. The highest BCUT2D eigenvalue weighted by Crippen LogP contribution is 2.17. The van der Waals surface area contributed by atoms with E-state index in [2.05, 4.69) is 20.7 Å². The van der Waals surface area contributed by atoms with Crippen molar-refractivity contribution in [3.05, 3.63) is 34.6 Å². The van der Waals surface area contributed by atoms with Gasteiger partial charge in [-0.1, -0.05) is 15.9 Å². The van der Waals surface area contributed by atoms with Crippen LogP contribution in [0.3, 0.4) is 0 Å². The third kappa shape index (κ3) is 2.47. The third-order valence-corrected chi connectivity index (χ3v) is 2.65. The van der Waals surface area contributed by atoms with Crippen LogP contribution in [0.4, 0.5) is 4.39 Å². The van der Waals surface area contributed by atoms with Gasteiger partial charge in [0.1, 0.15) is 5.82 Å². The maximum absolute atomic E-state index is 13.5. The number of aryl methyl sites for hydroxylation is 1. The maximum atomic E-state index is 13.5. The summed E-state index contributed by atoms with van der Waals surface area (Å²) in [6.07, 6.45) is 0. The summed E-state index contributed by atoms with van der Waals surface area (Å²) in [5.74, 6) is -1.73. The molecular weight excluding hydrogens is 279 g/mol. The van der Waals surface area contributed by atoms with Crippen LogP contribution in [-0.4, -0.2) is 24.2 Å². The van der Waals surface area contributed by atoms with Crippen LogP contribution in [0, 0.1) is 12.7 Å². The first-order valence-electron chi connectivity index (χ1n) is 4.49. The number of ketones is 1. The van der Waals surface area contributed by atoms with Gasteiger partial charge in [-0.05, 0) is 24.6 Å². The molecule has 0 aliphatic rings. The number of hydrogen-bond donors (Lipinski definition) is 0. The molecule has 16 heavy (non-hydrogen) atoms. The number of carbonyl (C=O) groups is 2. The smallest absolute Gasteiger partial charge is 0.340 e. The van der Waals surface area contributed by atoms with E-state index in [1.54, 1.807) is 6.92 Å². The summed E-state index contributed by atoms with van der Waals surface area (Å²) in [6, 6.07) is 2.38. The largest absolute Gasteiger partial charge is 0.465 e. The molecule has 86 valence electrons. The second-order valence-corrected chi connectivity index (χ2v) is 3.76. The van der Waals surface area contributed by atoms with Crippen LogP contribution in [0.2, 0.25) is 0 Å². The van der Waals surface area contributed by atoms with Gasteiger partial charge in [0.05, 0.1) is 18.0 Å². The lowest BCUT2D eigenvalue weighted by Crippen LogP contribution is -2.09. The van der Waals surface area contributed by atoms with E-state index in [0.29, 0.717) is 5.56 Å². The van der Waals surface area contributed by atoms with E-state index in [1.165, 1.54) is 13.2 Å². The molecule has 0 heterocycles. The zero-order chi connectivity index (χ0) is 12.3. The van der Waals surface area contributed by atoms with Crippen molar-refractivity contribution in [1.29, 1.82) is 0 Å². The molecule has 5 heteroatoms. The monoisotopic (exact) mass is 288 g/mol. The Hall–Kier alpha value is -1.23. The predicted octanol–water partition coefficient (Wildman–Crippen LogP) is 2.50. The molecule has 0 aliphatic heterocycles. The molecule has 1 rings (SSSR count). The summed E-state index contributed by atoms with van der Waals surface area (Å²) in [7, 11) is 1.18. The van der Waals surface area contributed by atoms with E-state index < -0.39 is 11.8 Å². The highest BCUT2D eigenvalue weighted by Gasteiger charge is 2.17. The van der Waals surface area contributed by atoms with Gasteiger partial charge in [-0.3, -0.25) is 4.79 Å². The predicted molar refractivity (Wildman–Crippen MR) is 60.6 cm³/mol. The van der Waals surface area contributed by atoms with Crippen molar-refractivity contribution in [2.24, 2.45) is 0 Å². The van der Waals surface area contributed by atoms with E-state index in [-0.39, 0.29) is 22.2 Å². The molecule has 3 nitrogen and oxygen atoms in total. The molecule has 0 radical (unpaired) electrons. The number of benzene rings is 1. The number of methoxy groups -OCH3 is 1. The van der Waals surface area contributed by atoms with Crippen LogP contribution < -0.4 is 0 Å². The fraction of sp³-hybridized carbons (Fsp3) is 0.273. The average molecular weight is 289 g/mol. The van der Waals surface area contributed by atoms with Gasteiger partial charge in [-0.2, -0.15) is 0 Å². The van der Waals surface area contributed by atoms with Crippen LogP contribution >= 0.6 is 15.9 Å². The quantitative estimate of drug-likeness (QED) is 0.488. The van der Waals surface area contributed by atoms with Crippen LogP contribution in [-0.2, 0) is 4.74 Å². The molecule has 0 saturated heterocycles. The van der Waals surface area contributed by atoms with Gasteiger partial charge in [0, 0.05) is 5.56 Å². The highest BCUT2D eigenvalue weighted by molar-refractivity contribution is 9.09. The van der Waals surface area contributed by atoms with E-state index in [4.69, 9.17) is 0 Å². The molecule has 1 aromatic rings. The Morgan fingerprint density at radius 1 is 1.38 bits per heavy atom. The van der Waals surface area contributed by atoms with Gasteiger partial charge >= 0.3 is 5.97 Å². The van der Waals surface area contributed by atoms with Crippen molar-refractivity contribution in [2.75, 3.05) is 12.4 Å². The maximum Gasteiger partial charge on any atom is 0.340 e. The summed E-state index contributed by atoms with van der Waals surface area (Å²) in [4.78, 5) is 22.6. The van der Waals surface area contributed by atoms with Crippen LogP contribution in [0.5, 0.6) is 0 Å². The van der Waals surface area contributed by atoms with Crippen LogP contribution in [0.15, 0.2) is 12.1 Å². The molecule has 0 atom stereocenters. The Morgan fingerprint density at radius 2 is 2.00 bits per heavy atom. The fourth-order valence-electron chi connectivity index (χ4n) is 1.32. The summed E-state index contributed by atoms with van der Waals surface area (Å²) in [6.45, 7) is 1.64. The fourth-order valence-corrected chi connectivity index (χ4v) is 1.62. The second kappa shape index (κ2) is 5.21. The van der Waals surface area contributed by atoms with E-state index >= 15 is 0 Å². The molecule has 0 unspecified atom stereocenters. The standard InChI is InChI=1S/C11H10BrFO3/c1-6-3-8(11(15)16-2)9(13)4-7(6)10(14)5-12/h3-4H,5H2,1-2H3. The number of Topliss-reactive ketones (excluding diaryl/α,β-unsaturated/α-hetero) is 1. The molecule has 0 fully saturated rings. The lowest BCUT2D eigenvalue weighted by molar-refractivity contribution is 0.0595. The second-order valence-electron chi connectivity index (χ2n) is 3.20. The number of halogens is 2. The number of carbonyl (C=O) groups excluding carboxylic acids is 2. The molecule has 1 aromatic carbocycles. The molecule has 0 aromatic heterocycles. The van der Waals surface area contributed by atoms with Crippen molar-refractivity contribution in [3.63, 3.8) is 0 Å². The van der Waals surface area contributed by atoms with Crippen molar-refractivity contribution < 1.29 is 18.7 Å². The van der Waals surface area contributed by atoms with Gasteiger partial charge < -0.3 is 4.74 Å². The van der Waals surface area contributed by atoms with E-state index in [1.807, 2.05) is 0 Å². The van der Waals surface area contributed by atoms with Crippen molar-refractivity contribution in [3.8, 4) is 0 Å². The molecule has 0 N–H and O–H groups in total. The normalized spacial score (nSPS) is 10.0. The van der Waals surface area contributed by atoms with Gasteiger partial charge in [0.2, 0.25) is 0 Å². The summed E-state index contributed by atoms with van der Waals surface area (Å²) in [5.41, 5.74) is 0.652. The summed E-state index contributed by atoms with van der Waals surface area (Å²) in [5, 5.41) is 0.116. The minimum atomic E-state index is -0.751. The average Bonchev–Trinajstić information content (AvgIpc) is 2.29. The van der Waals surface area contributed by atoms with Crippen molar-refractivity contribution in [1.82, 2.24) is 0 Å². The number of esters is 1. The van der Waals surface area contributed by atoms with Gasteiger partial charge in [0.25, 0.3) is 0 Å². The van der Waals surface area contributed by atoms with Crippen LogP contribution in [0.1, 0.15) is 26.3 Å². The van der Waals surface area contributed by atoms with E-state index in [0.717, 1.165) is 6.07 Å². The first-order valence-corrected chi connectivity index (χ1v) is 5.61. The van der Waals surface area contributed by atoms with Crippen LogP contribution in [0.25, 0.3) is 0 Å². The van der Waals surface area contributed by atoms with Gasteiger partial charge in [0.15, 0.2) is 5.78 Å². The Balaban J connectivity index is 3.27. The Bertz CT molecular complexity index is 401. The Labute approximate surface area is 101 Å². The highest BCUT2D eigenvalue weighted by atomic mass is 79.9. The minimum Gasteiger partial charge on any atom is -0.465 e. The lowest BCUT2D eigenvalue weighted by Gasteiger charge is -2.07. The molecule has 0 aliphatic carbocycles. The SMILES string of the molecule is COC(=O)c1cc(C)c(C(=O)CBr)cc1F. The Kier molecular flexibility index (Phi) is 4.18. The van der Waals surface area contributed by atoms with Crippen molar-refractivity contribution >= 4 is 27.7 Å². The number of alkyl halides is 1. The zero-order valence-electron chi connectivity index (χ0n) is 8.84.